The van der Waals surface area contributed by atoms with Crippen molar-refractivity contribution in [2.24, 2.45) is 20.0 Å². The molecule has 4 rings (SSSR count). The number of rotatable bonds is 3. The van der Waals surface area contributed by atoms with Crippen molar-refractivity contribution in [3.8, 4) is 0 Å². The second-order valence-electron chi connectivity index (χ2n) is 5.67. The highest BCUT2D eigenvalue weighted by Crippen LogP contribution is 2.17. The minimum Gasteiger partial charge on any atom is -0.257 e. The van der Waals surface area contributed by atoms with Gasteiger partial charge in [0.1, 0.15) is 0 Å². The van der Waals surface area contributed by atoms with Crippen LogP contribution in [-0.4, -0.2) is 23.3 Å². The Morgan fingerprint density at radius 1 is 0.600 bits per heavy atom. The lowest BCUT2D eigenvalue weighted by Crippen LogP contribution is -1.87. The van der Waals surface area contributed by atoms with Crippen LogP contribution in [0.25, 0.3) is 0 Å². The summed E-state index contributed by atoms with van der Waals surface area (Å²) >= 11 is 0. The third kappa shape index (κ3) is 3.58. The van der Waals surface area contributed by atoms with Crippen LogP contribution in [0.5, 0.6) is 0 Å². The SMILES string of the molecule is CC=C1C=CC(C=C2C=CC(C=C3C=CC(C=C4C=CC=N4)=N3)=N2)=N1. The van der Waals surface area contributed by atoms with E-state index in [-0.39, 0.29) is 0 Å². The molecule has 0 N–H and O–H groups in total. The monoisotopic (exact) mass is 324 g/mol. The molecule has 4 aliphatic heterocycles. The maximum atomic E-state index is 4.60. The van der Waals surface area contributed by atoms with Crippen molar-refractivity contribution < 1.29 is 0 Å². The van der Waals surface area contributed by atoms with Gasteiger partial charge in [0.15, 0.2) is 0 Å². The van der Waals surface area contributed by atoms with Crippen LogP contribution in [0, 0.1) is 0 Å². The summed E-state index contributed by atoms with van der Waals surface area (Å²) in [6, 6.07) is 0. The van der Waals surface area contributed by atoms with Gasteiger partial charge in [0.2, 0.25) is 0 Å². The molecule has 0 bridgehead atoms. The molecule has 4 heterocycles. The average Bonchev–Trinajstić information content (AvgIpc) is 3.38. The van der Waals surface area contributed by atoms with Gasteiger partial charge in [-0.25, -0.2) is 15.0 Å². The van der Waals surface area contributed by atoms with Gasteiger partial charge in [-0.05, 0) is 73.8 Å². The van der Waals surface area contributed by atoms with E-state index in [9.17, 15) is 0 Å². The van der Waals surface area contributed by atoms with E-state index >= 15 is 0 Å². The van der Waals surface area contributed by atoms with E-state index in [1.54, 1.807) is 6.21 Å². The molecule has 0 fully saturated rings. The lowest BCUT2D eigenvalue weighted by molar-refractivity contribution is 1.41. The van der Waals surface area contributed by atoms with Crippen molar-refractivity contribution >= 4 is 23.3 Å². The average molecular weight is 324 g/mol. The van der Waals surface area contributed by atoms with Crippen molar-refractivity contribution in [2.75, 3.05) is 0 Å². The van der Waals surface area contributed by atoms with Gasteiger partial charge in [0.25, 0.3) is 0 Å². The van der Waals surface area contributed by atoms with Gasteiger partial charge in [-0.1, -0.05) is 6.08 Å². The number of aliphatic imine (C=N–C) groups is 4. The molecule has 0 aromatic rings. The predicted octanol–water partition coefficient (Wildman–Crippen LogP) is 4.21. The fraction of sp³-hybridized carbons (Fsp3) is 0.0476. The Morgan fingerprint density at radius 2 is 1.12 bits per heavy atom. The molecule has 0 aromatic carbocycles. The summed E-state index contributed by atoms with van der Waals surface area (Å²) in [7, 11) is 0. The molecule has 0 aromatic heterocycles. The van der Waals surface area contributed by atoms with Gasteiger partial charge in [-0.15, -0.1) is 0 Å². The first-order chi connectivity index (χ1) is 12.3. The Morgan fingerprint density at radius 3 is 1.60 bits per heavy atom. The molecule has 4 nitrogen and oxygen atoms in total. The van der Waals surface area contributed by atoms with Crippen LogP contribution in [0.4, 0.5) is 0 Å². The first-order valence-corrected chi connectivity index (χ1v) is 8.11. The molecule has 120 valence electrons. The van der Waals surface area contributed by atoms with Crippen molar-refractivity contribution in [1.82, 2.24) is 0 Å². The Bertz CT molecular complexity index is 967. The normalized spacial score (nSPS) is 26.8. The molecular formula is C21H16N4. The summed E-state index contributed by atoms with van der Waals surface area (Å²) in [5.74, 6) is 0. The minimum atomic E-state index is 0.885. The summed E-state index contributed by atoms with van der Waals surface area (Å²) in [4.78, 5) is 17.9. The molecule has 4 heteroatoms. The van der Waals surface area contributed by atoms with E-state index in [2.05, 4.69) is 20.0 Å². The van der Waals surface area contributed by atoms with Gasteiger partial charge in [-0.3, -0.25) is 4.99 Å². The molecule has 0 spiro atoms. The van der Waals surface area contributed by atoms with Gasteiger partial charge in [0.05, 0.1) is 39.9 Å². The van der Waals surface area contributed by atoms with Gasteiger partial charge < -0.3 is 0 Å². The standard InChI is InChI=1S/C21H16N4/c1-2-15-5-6-18(23-15)13-19-9-10-21(25-19)14-20-8-7-17(24-20)12-16-4-3-11-22-16/h2-14H,1H3. The maximum Gasteiger partial charge on any atom is 0.0659 e. The smallest absolute Gasteiger partial charge is 0.0659 e. The Hall–Kier alpha value is -3.40. The molecule has 25 heavy (non-hydrogen) atoms. The summed E-state index contributed by atoms with van der Waals surface area (Å²) in [5.41, 5.74) is 6.38. The van der Waals surface area contributed by atoms with E-state index in [0.717, 1.165) is 39.9 Å². The van der Waals surface area contributed by atoms with E-state index < -0.39 is 0 Å². The van der Waals surface area contributed by atoms with E-state index in [4.69, 9.17) is 0 Å². The van der Waals surface area contributed by atoms with Crippen LogP contribution in [0.15, 0.2) is 116 Å². The fourth-order valence-electron chi connectivity index (χ4n) is 2.60. The lowest BCUT2D eigenvalue weighted by Gasteiger charge is -1.92. The number of hydrogen-bond acceptors (Lipinski definition) is 4. The topological polar surface area (TPSA) is 49.4 Å². The minimum absolute atomic E-state index is 0.885. The highest BCUT2D eigenvalue weighted by Gasteiger charge is 2.08. The van der Waals surface area contributed by atoms with Gasteiger partial charge in [0, 0.05) is 6.21 Å². The Labute approximate surface area is 146 Å². The zero-order chi connectivity index (χ0) is 17.1. The zero-order valence-corrected chi connectivity index (χ0v) is 13.8. The molecule has 0 amide bonds. The van der Waals surface area contributed by atoms with Crippen molar-refractivity contribution in [3.63, 3.8) is 0 Å². The van der Waals surface area contributed by atoms with Crippen LogP contribution >= 0.6 is 0 Å². The van der Waals surface area contributed by atoms with Crippen LogP contribution in [-0.2, 0) is 0 Å². The van der Waals surface area contributed by atoms with E-state index in [0.29, 0.717) is 0 Å². The van der Waals surface area contributed by atoms with Crippen molar-refractivity contribution in [3.05, 3.63) is 95.7 Å². The van der Waals surface area contributed by atoms with Crippen LogP contribution in [0.3, 0.4) is 0 Å². The van der Waals surface area contributed by atoms with Crippen LogP contribution < -0.4 is 0 Å². The quantitative estimate of drug-likeness (QED) is 0.746. The highest BCUT2D eigenvalue weighted by molar-refractivity contribution is 6.12. The predicted molar refractivity (Wildman–Crippen MR) is 105 cm³/mol. The number of hydrogen-bond donors (Lipinski definition) is 0. The van der Waals surface area contributed by atoms with Crippen LogP contribution in [0.1, 0.15) is 6.92 Å². The third-order valence-electron chi connectivity index (χ3n) is 3.81. The highest BCUT2D eigenvalue weighted by atomic mass is 14.8. The first-order valence-electron chi connectivity index (χ1n) is 8.11. The Balaban J connectivity index is 1.49. The second kappa shape index (κ2) is 6.61. The molecule has 0 atom stereocenters. The Kier molecular flexibility index (Phi) is 4.01. The summed E-state index contributed by atoms with van der Waals surface area (Å²) in [6.45, 7) is 1.98. The molecule has 0 saturated heterocycles. The second-order valence-corrected chi connectivity index (χ2v) is 5.67. The summed E-state index contributed by atoms with van der Waals surface area (Å²) in [6.07, 6.45) is 25.4. The third-order valence-corrected chi connectivity index (χ3v) is 3.81. The summed E-state index contributed by atoms with van der Waals surface area (Å²) < 4.78 is 0. The first kappa shape index (κ1) is 15.1. The molecule has 4 aliphatic rings. The molecular weight excluding hydrogens is 308 g/mol. The van der Waals surface area contributed by atoms with Gasteiger partial charge in [-0.2, -0.15) is 0 Å². The van der Waals surface area contributed by atoms with Crippen LogP contribution in [0.2, 0.25) is 0 Å². The zero-order valence-electron chi connectivity index (χ0n) is 13.8. The molecule has 0 unspecified atom stereocenters. The number of allylic oxidation sites excluding steroid dienone is 12. The molecule has 0 aliphatic carbocycles. The van der Waals surface area contributed by atoms with E-state index in [1.165, 1.54) is 0 Å². The maximum absolute atomic E-state index is 4.60. The fourth-order valence-corrected chi connectivity index (χ4v) is 2.60. The molecule has 0 radical (unpaired) electrons. The summed E-state index contributed by atoms with van der Waals surface area (Å²) in [5, 5.41) is 0. The molecule has 0 saturated carbocycles. The van der Waals surface area contributed by atoms with Crippen molar-refractivity contribution in [1.29, 1.82) is 0 Å². The lowest BCUT2D eigenvalue weighted by atomic mass is 10.2. The van der Waals surface area contributed by atoms with E-state index in [1.807, 2.05) is 79.8 Å². The largest absolute Gasteiger partial charge is 0.257 e. The number of nitrogens with zero attached hydrogens (tertiary/aromatic N) is 4. The van der Waals surface area contributed by atoms with Crippen molar-refractivity contribution in [2.45, 2.75) is 6.92 Å². The van der Waals surface area contributed by atoms with Gasteiger partial charge >= 0.3 is 0 Å².